The number of rotatable bonds is 3. The highest BCUT2D eigenvalue weighted by Gasteiger charge is 2.12. The van der Waals surface area contributed by atoms with Gasteiger partial charge in [-0.1, -0.05) is 44.2 Å². The summed E-state index contributed by atoms with van der Waals surface area (Å²) in [5.74, 6) is 0.613. The predicted molar refractivity (Wildman–Crippen MR) is 102 cm³/mol. The Bertz CT molecular complexity index is 1010. The topological polar surface area (TPSA) is 17.8 Å². The van der Waals surface area contributed by atoms with Crippen LogP contribution in [-0.2, 0) is 6.54 Å². The van der Waals surface area contributed by atoms with Crippen molar-refractivity contribution >= 4 is 21.8 Å². The normalized spacial score (nSPS) is 11.7. The fourth-order valence-corrected chi connectivity index (χ4v) is 3.41. The maximum absolute atomic E-state index is 4.58. The lowest BCUT2D eigenvalue weighted by atomic mass is 10.1. The van der Waals surface area contributed by atoms with Crippen molar-refractivity contribution in [1.29, 1.82) is 0 Å². The molecule has 0 unspecified atom stereocenters. The first-order valence-electron chi connectivity index (χ1n) is 8.57. The van der Waals surface area contributed by atoms with Crippen LogP contribution in [0.3, 0.4) is 0 Å². The van der Waals surface area contributed by atoms with Gasteiger partial charge >= 0.3 is 0 Å². The van der Waals surface area contributed by atoms with Crippen LogP contribution in [0.4, 0.5) is 0 Å². The lowest BCUT2D eigenvalue weighted by Crippen LogP contribution is -2.03. The summed E-state index contributed by atoms with van der Waals surface area (Å²) in [5, 5.41) is 2.63. The SMILES string of the molecule is Cc1ccc(-c2ccc3c(c2)c2ccccc2n3CC(C)C)nc1. The van der Waals surface area contributed by atoms with E-state index >= 15 is 0 Å². The summed E-state index contributed by atoms with van der Waals surface area (Å²) in [6.45, 7) is 7.64. The molecular weight excluding hydrogens is 292 g/mol. The first-order valence-corrected chi connectivity index (χ1v) is 8.57. The van der Waals surface area contributed by atoms with Gasteiger partial charge in [-0.3, -0.25) is 4.98 Å². The molecule has 2 heteroatoms. The van der Waals surface area contributed by atoms with Gasteiger partial charge in [-0.05, 0) is 42.7 Å². The Morgan fingerprint density at radius 1 is 0.917 bits per heavy atom. The van der Waals surface area contributed by atoms with Gasteiger partial charge in [0.25, 0.3) is 0 Å². The van der Waals surface area contributed by atoms with Gasteiger partial charge in [0.15, 0.2) is 0 Å². The minimum atomic E-state index is 0.613. The molecule has 0 spiro atoms. The zero-order valence-electron chi connectivity index (χ0n) is 14.5. The molecule has 2 heterocycles. The minimum Gasteiger partial charge on any atom is -0.340 e. The van der Waals surface area contributed by atoms with Crippen molar-refractivity contribution in [2.24, 2.45) is 5.92 Å². The van der Waals surface area contributed by atoms with Crippen molar-refractivity contribution < 1.29 is 0 Å². The van der Waals surface area contributed by atoms with Crippen LogP contribution in [0.25, 0.3) is 33.1 Å². The molecule has 0 radical (unpaired) electrons. The lowest BCUT2D eigenvalue weighted by Gasteiger charge is -2.10. The van der Waals surface area contributed by atoms with E-state index in [0.29, 0.717) is 5.92 Å². The highest BCUT2D eigenvalue weighted by molar-refractivity contribution is 6.09. The molecule has 0 aliphatic rings. The summed E-state index contributed by atoms with van der Waals surface area (Å²) in [6.07, 6.45) is 1.93. The molecule has 120 valence electrons. The highest BCUT2D eigenvalue weighted by atomic mass is 15.0. The molecule has 0 N–H and O–H groups in total. The lowest BCUT2D eigenvalue weighted by molar-refractivity contribution is 0.545. The maximum Gasteiger partial charge on any atom is 0.0702 e. The van der Waals surface area contributed by atoms with Crippen LogP contribution in [0, 0.1) is 12.8 Å². The van der Waals surface area contributed by atoms with Crippen LogP contribution in [0.2, 0.25) is 0 Å². The zero-order chi connectivity index (χ0) is 16.7. The van der Waals surface area contributed by atoms with Crippen molar-refractivity contribution in [2.45, 2.75) is 27.3 Å². The van der Waals surface area contributed by atoms with E-state index in [1.807, 2.05) is 6.20 Å². The average Bonchev–Trinajstić information content (AvgIpc) is 2.89. The van der Waals surface area contributed by atoms with Crippen LogP contribution in [0.5, 0.6) is 0 Å². The molecule has 4 aromatic rings. The van der Waals surface area contributed by atoms with E-state index in [4.69, 9.17) is 0 Å². The largest absolute Gasteiger partial charge is 0.340 e. The molecule has 0 saturated heterocycles. The van der Waals surface area contributed by atoms with Crippen LogP contribution in [0.15, 0.2) is 60.8 Å². The second-order valence-corrected chi connectivity index (χ2v) is 6.97. The molecule has 2 nitrogen and oxygen atoms in total. The van der Waals surface area contributed by atoms with Gasteiger partial charge in [0.2, 0.25) is 0 Å². The fourth-order valence-electron chi connectivity index (χ4n) is 3.41. The van der Waals surface area contributed by atoms with Gasteiger partial charge in [-0.2, -0.15) is 0 Å². The number of benzene rings is 2. The summed E-state index contributed by atoms with van der Waals surface area (Å²) >= 11 is 0. The molecule has 0 aliphatic heterocycles. The van der Waals surface area contributed by atoms with Crippen LogP contribution in [0.1, 0.15) is 19.4 Å². The fraction of sp³-hybridized carbons (Fsp3) is 0.227. The molecule has 0 bridgehead atoms. The number of nitrogens with zero attached hydrogens (tertiary/aromatic N) is 2. The van der Waals surface area contributed by atoms with E-state index in [2.05, 4.69) is 84.9 Å². The maximum atomic E-state index is 4.58. The molecule has 0 fully saturated rings. The smallest absolute Gasteiger partial charge is 0.0702 e. The van der Waals surface area contributed by atoms with E-state index in [9.17, 15) is 0 Å². The van der Waals surface area contributed by atoms with Crippen molar-refractivity contribution in [1.82, 2.24) is 9.55 Å². The van der Waals surface area contributed by atoms with E-state index in [1.165, 1.54) is 32.9 Å². The Balaban J connectivity index is 1.96. The van der Waals surface area contributed by atoms with Gasteiger partial charge < -0.3 is 4.57 Å². The molecular formula is C22H22N2. The third kappa shape index (κ3) is 2.48. The standard InChI is InChI=1S/C22H22N2/c1-15(2)14-24-21-7-5-4-6-18(21)19-12-17(9-11-22(19)24)20-10-8-16(3)13-23-20/h4-13,15H,14H2,1-3H3. The van der Waals surface area contributed by atoms with Crippen LogP contribution < -0.4 is 0 Å². The monoisotopic (exact) mass is 314 g/mol. The Hall–Kier alpha value is -2.61. The average molecular weight is 314 g/mol. The number of fused-ring (bicyclic) bond motifs is 3. The first-order chi connectivity index (χ1) is 11.6. The van der Waals surface area contributed by atoms with Crippen molar-refractivity contribution in [3.63, 3.8) is 0 Å². The first kappa shape index (κ1) is 14.9. The van der Waals surface area contributed by atoms with Gasteiger partial charge in [-0.25, -0.2) is 0 Å². The Morgan fingerprint density at radius 2 is 1.71 bits per heavy atom. The molecule has 0 saturated carbocycles. The minimum absolute atomic E-state index is 0.613. The second kappa shape index (κ2) is 5.79. The van der Waals surface area contributed by atoms with E-state index < -0.39 is 0 Å². The van der Waals surface area contributed by atoms with E-state index in [-0.39, 0.29) is 0 Å². The predicted octanol–water partition coefficient (Wildman–Crippen LogP) is 5.82. The molecule has 0 amide bonds. The summed E-state index contributed by atoms with van der Waals surface area (Å²) in [4.78, 5) is 4.58. The van der Waals surface area contributed by atoms with Crippen molar-refractivity contribution in [2.75, 3.05) is 0 Å². The van der Waals surface area contributed by atoms with Crippen LogP contribution >= 0.6 is 0 Å². The second-order valence-electron chi connectivity index (χ2n) is 6.97. The molecule has 2 aromatic heterocycles. The van der Waals surface area contributed by atoms with Crippen LogP contribution in [-0.4, -0.2) is 9.55 Å². The van der Waals surface area contributed by atoms with E-state index in [0.717, 1.165) is 12.2 Å². The molecule has 2 aromatic carbocycles. The van der Waals surface area contributed by atoms with Gasteiger partial charge in [0.05, 0.1) is 5.69 Å². The Morgan fingerprint density at radius 3 is 2.46 bits per heavy atom. The van der Waals surface area contributed by atoms with Crippen molar-refractivity contribution in [3.05, 3.63) is 66.4 Å². The van der Waals surface area contributed by atoms with Gasteiger partial charge in [-0.15, -0.1) is 0 Å². The molecule has 0 atom stereocenters. The molecule has 4 rings (SSSR count). The van der Waals surface area contributed by atoms with E-state index in [1.54, 1.807) is 0 Å². The summed E-state index contributed by atoms with van der Waals surface area (Å²) in [6, 6.07) is 19.6. The Labute approximate surface area is 142 Å². The number of para-hydroxylation sites is 1. The molecule has 0 aliphatic carbocycles. The zero-order valence-corrected chi connectivity index (χ0v) is 14.5. The van der Waals surface area contributed by atoms with Gasteiger partial charge in [0.1, 0.15) is 0 Å². The van der Waals surface area contributed by atoms with Crippen molar-refractivity contribution in [3.8, 4) is 11.3 Å². The number of hydrogen-bond donors (Lipinski definition) is 0. The quantitative estimate of drug-likeness (QED) is 0.466. The number of aromatic nitrogens is 2. The third-order valence-electron chi connectivity index (χ3n) is 4.53. The highest BCUT2D eigenvalue weighted by Crippen LogP contribution is 2.32. The summed E-state index contributed by atoms with van der Waals surface area (Å²) in [7, 11) is 0. The third-order valence-corrected chi connectivity index (χ3v) is 4.53. The number of aryl methyl sites for hydroxylation is 1. The Kier molecular flexibility index (Phi) is 3.61. The van der Waals surface area contributed by atoms with Gasteiger partial charge in [0, 0.05) is 40.1 Å². The summed E-state index contributed by atoms with van der Waals surface area (Å²) < 4.78 is 2.45. The molecule has 24 heavy (non-hydrogen) atoms. The number of hydrogen-bond acceptors (Lipinski definition) is 1. The summed E-state index contributed by atoms with van der Waals surface area (Å²) in [5.41, 5.74) is 6.02. The number of pyridine rings is 1.